The highest BCUT2D eigenvalue weighted by atomic mass is 35.5. The SMILES string of the molecule is CNC(CSc1cccc(Cl)c1)c1cc(F)ccc1Cl. The fourth-order valence-corrected chi connectivity index (χ4v) is 3.44. The predicted octanol–water partition coefficient (Wildman–Crippen LogP) is 5.19. The van der Waals surface area contributed by atoms with Gasteiger partial charge in [-0.15, -0.1) is 11.8 Å². The van der Waals surface area contributed by atoms with Crippen molar-refractivity contribution in [3.63, 3.8) is 0 Å². The molecule has 20 heavy (non-hydrogen) atoms. The molecule has 0 radical (unpaired) electrons. The Hall–Kier alpha value is -0.740. The first-order valence-corrected chi connectivity index (χ1v) is 7.85. The van der Waals surface area contributed by atoms with Crippen LogP contribution in [0.2, 0.25) is 10.0 Å². The van der Waals surface area contributed by atoms with Gasteiger partial charge in [-0.25, -0.2) is 4.39 Å². The number of benzene rings is 2. The zero-order valence-electron chi connectivity index (χ0n) is 10.9. The van der Waals surface area contributed by atoms with Crippen molar-refractivity contribution >= 4 is 35.0 Å². The molecule has 0 amide bonds. The van der Waals surface area contributed by atoms with Crippen LogP contribution in [0.4, 0.5) is 4.39 Å². The van der Waals surface area contributed by atoms with E-state index in [4.69, 9.17) is 23.2 Å². The van der Waals surface area contributed by atoms with Crippen LogP contribution in [-0.4, -0.2) is 12.8 Å². The van der Waals surface area contributed by atoms with E-state index < -0.39 is 0 Å². The summed E-state index contributed by atoms with van der Waals surface area (Å²) in [7, 11) is 1.84. The van der Waals surface area contributed by atoms with Crippen LogP contribution < -0.4 is 5.32 Å². The molecule has 0 aromatic heterocycles. The first kappa shape index (κ1) is 15.6. The maximum absolute atomic E-state index is 13.3. The first-order chi connectivity index (χ1) is 9.60. The molecule has 106 valence electrons. The summed E-state index contributed by atoms with van der Waals surface area (Å²) in [5.41, 5.74) is 0.767. The Bertz CT molecular complexity index is 592. The molecule has 0 heterocycles. The molecular formula is C15H14Cl2FNS. The van der Waals surface area contributed by atoms with Crippen molar-refractivity contribution in [3.05, 3.63) is 63.9 Å². The molecular weight excluding hydrogens is 316 g/mol. The van der Waals surface area contributed by atoms with Crippen LogP contribution in [0, 0.1) is 5.82 Å². The monoisotopic (exact) mass is 329 g/mol. The van der Waals surface area contributed by atoms with Gasteiger partial charge in [-0.05, 0) is 49.0 Å². The normalized spacial score (nSPS) is 12.4. The van der Waals surface area contributed by atoms with Gasteiger partial charge >= 0.3 is 0 Å². The van der Waals surface area contributed by atoms with Gasteiger partial charge in [0.1, 0.15) is 5.82 Å². The summed E-state index contributed by atoms with van der Waals surface area (Å²) in [4.78, 5) is 1.07. The average Bonchev–Trinajstić information content (AvgIpc) is 2.43. The zero-order valence-corrected chi connectivity index (χ0v) is 13.2. The van der Waals surface area contributed by atoms with Crippen LogP contribution in [0.5, 0.6) is 0 Å². The second-order valence-corrected chi connectivity index (χ2v) is 6.21. The van der Waals surface area contributed by atoms with Gasteiger partial charge in [-0.1, -0.05) is 29.3 Å². The number of nitrogens with one attached hydrogen (secondary N) is 1. The second-order valence-electron chi connectivity index (χ2n) is 4.28. The molecule has 0 saturated heterocycles. The number of rotatable bonds is 5. The quantitative estimate of drug-likeness (QED) is 0.758. The fourth-order valence-electron chi connectivity index (χ4n) is 1.85. The predicted molar refractivity (Wildman–Crippen MR) is 85.4 cm³/mol. The van der Waals surface area contributed by atoms with E-state index in [-0.39, 0.29) is 11.9 Å². The van der Waals surface area contributed by atoms with Gasteiger partial charge in [0.15, 0.2) is 0 Å². The van der Waals surface area contributed by atoms with Gasteiger partial charge in [-0.2, -0.15) is 0 Å². The molecule has 2 aromatic carbocycles. The van der Waals surface area contributed by atoms with E-state index in [1.165, 1.54) is 12.1 Å². The highest BCUT2D eigenvalue weighted by Crippen LogP contribution is 2.30. The van der Waals surface area contributed by atoms with Crippen molar-refractivity contribution < 1.29 is 4.39 Å². The van der Waals surface area contributed by atoms with Crippen molar-refractivity contribution in [2.75, 3.05) is 12.8 Å². The minimum Gasteiger partial charge on any atom is -0.312 e. The standard InChI is InChI=1S/C15H14Cl2FNS/c1-19-15(13-8-11(18)5-6-14(13)17)9-20-12-4-2-3-10(16)7-12/h2-8,15,19H,9H2,1H3. The van der Waals surface area contributed by atoms with E-state index in [9.17, 15) is 4.39 Å². The molecule has 0 spiro atoms. The zero-order chi connectivity index (χ0) is 14.5. The Balaban J connectivity index is 2.11. The first-order valence-electron chi connectivity index (χ1n) is 6.10. The van der Waals surface area contributed by atoms with Crippen molar-refractivity contribution in [1.82, 2.24) is 5.32 Å². The number of halogens is 3. The summed E-state index contributed by atoms with van der Waals surface area (Å²) >= 11 is 13.7. The number of hydrogen-bond acceptors (Lipinski definition) is 2. The Morgan fingerprint density at radius 3 is 2.70 bits per heavy atom. The lowest BCUT2D eigenvalue weighted by Gasteiger charge is -2.18. The Morgan fingerprint density at radius 2 is 2.00 bits per heavy atom. The second kappa shape index (κ2) is 7.32. The summed E-state index contributed by atoms with van der Waals surface area (Å²) in [6.45, 7) is 0. The minimum atomic E-state index is -0.280. The van der Waals surface area contributed by atoms with Gasteiger partial charge in [-0.3, -0.25) is 0 Å². The summed E-state index contributed by atoms with van der Waals surface area (Å²) in [6, 6.07) is 12.1. The summed E-state index contributed by atoms with van der Waals surface area (Å²) < 4.78 is 13.3. The lowest BCUT2D eigenvalue weighted by atomic mass is 10.1. The van der Waals surface area contributed by atoms with E-state index in [0.29, 0.717) is 10.0 Å². The van der Waals surface area contributed by atoms with Crippen LogP contribution >= 0.6 is 35.0 Å². The summed E-state index contributed by atoms with van der Waals surface area (Å²) in [5.74, 6) is 0.456. The van der Waals surface area contributed by atoms with Gasteiger partial charge in [0, 0.05) is 26.7 Å². The van der Waals surface area contributed by atoms with Crippen LogP contribution in [0.15, 0.2) is 47.4 Å². The largest absolute Gasteiger partial charge is 0.312 e. The van der Waals surface area contributed by atoms with E-state index in [0.717, 1.165) is 16.2 Å². The van der Waals surface area contributed by atoms with Crippen molar-refractivity contribution in [1.29, 1.82) is 0 Å². The van der Waals surface area contributed by atoms with E-state index in [2.05, 4.69) is 5.32 Å². The smallest absolute Gasteiger partial charge is 0.123 e. The molecule has 2 aromatic rings. The van der Waals surface area contributed by atoms with E-state index in [1.807, 2.05) is 31.3 Å². The van der Waals surface area contributed by atoms with Crippen LogP contribution in [0.1, 0.15) is 11.6 Å². The van der Waals surface area contributed by atoms with Gasteiger partial charge in [0.05, 0.1) is 0 Å². The van der Waals surface area contributed by atoms with Crippen LogP contribution in [-0.2, 0) is 0 Å². The maximum Gasteiger partial charge on any atom is 0.123 e. The molecule has 0 aliphatic carbocycles. The van der Waals surface area contributed by atoms with Gasteiger partial charge in [0.2, 0.25) is 0 Å². The Morgan fingerprint density at radius 1 is 1.20 bits per heavy atom. The average molecular weight is 330 g/mol. The summed E-state index contributed by atoms with van der Waals surface area (Å²) in [5, 5.41) is 4.44. The third-order valence-electron chi connectivity index (χ3n) is 2.89. The number of hydrogen-bond donors (Lipinski definition) is 1. The molecule has 1 N–H and O–H groups in total. The molecule has 1 nitrogen and oxygen atoms in total. The molecule has 0 bridgehead atoms. The van der Waals surface area contributed by atoms with Gasteiger partial charge < -0.3 is 5.32 Å². The topological polar surface area (TPSA) is 12.0 Å². The number of thioether (sulfide) groups is 1. The highest BCUT2D eigenvalue weighted by molar-refractivity contribution is 7.99. The molecule has 1 atom stereocenters. The van der Waals surface area contributed by atoms with Crippen LogP contribution in [0.3, 0.4) is 0 Å². The third kappa shape index (κ3) is 4.13. The van der Waals surface area contributed by atoms with Crippen molar-refractivity contribution in [3.8, 4) is 0 Å². The summed E-state index contributed by atoms with van der Waals surface area (Å²) in [6.07, 6.45) is 0. The third-order valence-corrected chi connectivity index (χ3v) is 4.56. The Labute approximate surface area is 132 Å². The molecule has 0 fully saturated rings. The van der Waals surface area contributed by atoms with E-state index >= 15 is 0 Å². The minimum absolute atomic E-state index is 0.0258. The fraction of sp³-hybridized carbons (Fsp3) is 0.200. The highest BCUT2D eigenvalue weighted by Gasteiger charge is 2.14. The molecule has 5 heteroatoms. The van der Waals surface area contributed by atoms with Gasteiger partial charge in [0.25, 0.3) is 0 Å². The lowest BCUT2D eigenvalue weighted by molar-refractivity contribution is 0.611. The molecule has 1 unspecified atom stereocenters. The van der Waals surface area contributed by atoms with E-state index in [1.54, 1.807) is 17.8 Å². The molecule has 2 rings (SSSR count). The lowest BCUT2D eigenvalue weighted by Crippen LogP contribution is -2.19. The maximum atomic E-state index is 13.3. The molecule has 0 saturated carbocycles. The molecule has 0 aliphatic rings. The van der Waals surface area contributed by atoms with Crippen molar-refractivity contribution in [2.45, 2.75) is 10.9 Å². The molecule has 0 aliphatic heterocycles. The van der Waals surface area contributed by atoms with Crippen molar-refractivity contribution in [2.24, 2.45) is 0 Å². The Kier molecular flexibility index (Phi) is 5.73. The van der Waals surface area contributed by atoms with Crippen LogP contribution in [0.25, 0.3) is 0 Å².